The highest BCUT2D eigenvalue weighted by Gasteiger charge is 2.26. The number of amides is 1. The zero-order valence-electron chi connectivity index (χ0n) is 16.1. The lowest BCUT2D eigenvalue weighted by Gasteiger charge is -2.25. The largest absolute Gasteiger partial charge is 0.495 e. The molecule has 0 saturated carbocycles. The molecule has 152 valence electrons. The molecule has 0 bridgehead atoms. The van der Waals surface area contributed by atoms with Crippen LogP contribution in [0.25, 0.3) is 0 Å². The molecule has 1 atom stereocenters. The van der Waals surface area contributed by atoms with Crippen LogP contribution in [-0.2, 0) is 14.8 Å². The van der Waals surface area contributed by atoms with E-state index in [4.69, 9.17) is 21.1 Å². The summed E-state index contributed by atoms with van der Waals surface area (Å²) in [6, 6.07) is 12.0. The van der Waals surface area contributed by atoms with Gasteiger partial charge in [0.2, 0.25) is 15.9 Å². The van der Waals surface area contributed by atoms with Crippen molar-refractivity contribution in [1.82, 2.24) is 5.32 Å². The summed E-state index contributed by atoms with van der Waals surface area (Å²) in [6.07, 6.45) is 1.02. The van der Waals surface area contributed by atoms with Crippen LogP contribution < -0.4 is 19.1 Å². The van der Waals surface area contributed by atoms with Gasteiger partial charge in [0.05, 0.1) is 37.2 Å². The highest BCUT2D eigenvalue weighted by atomic mass is 35.5. The molecule has 7 nitrogen and oxygen atoms in total. The fourth-order valence-electron chi connectivity index (χ4n) is 2.66. The lowest BCUT2D eigenvalue weighted by Crippen LogP contribution is -2.41. The van der Waals surface area contributed by atoms with Crippen molar-refractivity contribution in [3.05, 3.63) is 53.1 Å². The highest BCUT2D eigenvalue weighted by molar-refractivity contribution is 7.92. The SMILES string of the molecule is COc1cc(N(CC(=O)N[C@@H](C)c2ccccc2)S(C)(=O)=O)c(OC)cc1Cl. The molecule has 28 heavy (non-hydrogen) atoms. The molecule has 2 aromatic carbocycles. The number of carbonyl (C=O) groups excluding carboxylic acids is 1. The van der Waals surface area contributed by atoms with E-state index in [0.717, 1.165) is 16.1 Å². The van der Waals surface area contributed by atoms with Gasteiger partial charge in [-0.25, -0.2) is 8.42 Å². The van der Waals surface area contributed by atoms with Gasteiger partial charge in [0, 0.05) is 12.1 Å². The average Bonchev–Trinajstić information content (AvgIpc) is 2.65. The van der Waals surface area contributed by atoms with E-state index in [1.165, 1.54) is 26.4 Å². The van der Waals surface area contributed by atoms with Crippen LogP contribution in [0.4, 0.5) is 5.69 Å². The van der Waals surface area contributed by atoms with Crippen molar-refractivity contribution in [2.45, 2.75) is 13.0 Å². The zero-order valence-corrected chi connectivity index (χ0v) is 17.7. The number of anilines is 1. The number of benzene rings is 2. The van der Waals surface area contributed by atoms with Crippen molar-refractivity contribution in [2.24, 2.45) is 0 Å². The molecule has 0 radical (unpaired) electrons. The quantitative estimate of drug-likeness (QED) is 0.701. The van der Waals surface area contributed by atoms with Gasteiger partial charge in [-0.15, -0.1) is 0 Å². The van der Waals surface area contributed by atoms with Crippen LogP contribution in [0, 0.1) is 0 Å². The fraction of sp³-hybridized carbons (Fsp3) is 0.316. The number of nitrogens with one attached hydrogen (secondary N) is 1. The first-order valence-electron chi connectivity index (χ1n) is 8.41. The summed E-state index contributed by atoms with van der Waals surface area (Å²) >= 11 is 6.09. The molecule has 0 aromatic heterocycles. The Kier molecular flexibility index (Phi) is 7.15. The van der Waals surface area contributed by atoms with E-state index in [0.29, 0.717) is 0 Å². The van der Waals surface area contributed by atoms with Crippen LogP contribution in [-0.4, -0.2) is 41.3 Å². The van der Waals surface area contributed by atoms with E-state index in [1.807, 2.05) is 37.3 Å². The van der Waals surface area contributed by atoms with Crippen LogP contribution in [0.5, 0.6) is 11.5 Å². The third kappa shape index (κ3) is 5.30. The van der Waals surface area contributed by atoms with Crippen LogP contribution in [0.1, 0.15) is 18.5 Å². The Hall–Kier alpha value is -2.45. The Morgan fingerprint density at radius 3 is 2.29 bits per heavy atom. The monoisotopic (exact) mass is 426 g/mol. The Bertz CT molecular complexity index is 935. The first-order valence-corrected chi connectivity index (χ1v) is 10.6. The molecule has 0 heterocycles. The summed E-state index contributed by atoms with van der Waals surface area (Å²) in [5.74, 6) is 0.0158. The molecule has 0 saturated heterocycles. The number of ether oxygens (including phenoxy) is 2. The van der Waals surface area contributed by atoms with E-state index >= 15 is 0 Å². The summed E-state index contributed by atoms with van der Waals surface area (Å²) in [4.78, 5) is 12.6. The van der Waals surface area contributed by atoms with Crippen LogP contribution >= 0.6 is 11.6 Å². The van der Waals surface area contributed by atoms with Crippen molar-refractivity contribution in [3.8, 4) is 11.5 Å². The van der Waals surface area contributed by atoms with Gasteiger partial charge in [0.15, 0.2) is 0 Å². The van der Waals surface area contributed by atoms with E-state index < -0.39 is 22.5 Å². The molecule has 9 heteroatoms. The first-order chi connectivity index (χ1) is 13.2. The Labute approximate surface area is 170 Å². The van der Waals surface area contributed by atoms with Gasteiger partial charge in [-0.2, -0.15) is 0 Å². The molecule has 2 rings (SSSR count). The third-order valence-corrected chi connectivity index (χ3v) is 5.51. The second kappa shape index (κ2) is 9.16. The number of hydrogen-bond donors (Lipinski definition) is 1. The lowest BCUT2D eigenvalue weighted by atomic mass is 10.1. The summed E-state index contributed by atoms with van der Waals surface area (Å²) in [5, 5.41) is 3.07. The van der Waals surface area contributed by atoms with Crippen molar-refractivity contribution in [2.75, 3.05) is 31.3 Å². The maximum absolute atomic E-state index is 12.6. The Morgan fingerprint density at radius 2 is 1.75 bits per heavy atom. The van der Waals surface area contributed by atoms with Gasteiger partial charge in [0.25, 0.3) is 0 Å². The van der Waals surface area contributed by atoms with Crippen molar-refractivity contribution in [1.29, 1.82) is 0 Å². The first kappa shape index (κ1) is 21.8. The molecule has 1 N–H and O–H groups in total. The molecule has 2 aromatic rings. The van der Waals surface area contributed by atoms with Gasteiger partial charge >= 0.3 is 0 Å². The second-order valence-electron chi connectivity index (χ2n) is 6.13. The van der Waals surface area contributed by atoms with Crippen molar-refractivity contribution >= 4 is 33.2 Å². The Balaban J connectivity index is 2.32. The highest BCUT2D eigenvalue weighted by Crippen LogP contribution is 2.38. The molecule has 0 aliphatic rings. The van der Waals surface area contributed by atoms with Crippen molar-refractivity contribution < 1.29 is 22.7 Å². The maximum Gasteiger partial charge on any atom is 0.241 e. The molecule has 0 aliphatic carbocycles. The average molecular weight is 427 g/mol. The van der Waals surface area contributed by atoms with Gasteiger partial charge in [-0.05, 0) is 12.5 Å². The molecule has 0 fully saturated rings. The fourth-order valence-corrected chi connectivity index (χ4v) is 3.75. The van der Waals surface area contributed by atoms with Crippen LogP contribution in [0.15, 0.2) is 42.5 Å². The summed E-state index contributed by atoms with van der Waals surface area (Å²) in [6.45, 7) is 1.40. The van der Waals surface area contributed by atoms with E-state index in [1.54, 1.807) is 0 Å². The summed E-state index contributed by atoms with van der Waals surface area (Å²) in [5.41, 5.74) is 1.07. The van der Waals surface area contributed by atoms with Crippen LogP contribution in [0.3, 0.4) is 0 Å². The second-order valence-corrected chi connectivity index (χ2v) is 8.44. The van der Waals surface area contributed by atoms with E-state index in [-0.39, 0.29) is 28.3 Å². The number of rotatable bonds is 8. The maximum atomic E-state index is 12.6. The predicted octanol–water partition coefficient (Wildman–Crippen LogP) is 3.00. The number of carbonyl (C=O) groups is 1. The minimum atomic E-state index is -3.79. The standard InChI is InChI=1S/C19H23ClN2O5S/c1-13(14-8-6-5-7-9-14)21-19(23)12-22(28(4,24)25)16-11-17(26-2)15(20)10-18(16)27-3/h5-11,13H,12H2,1-4H3,(H,21,23)/t13-/m0/s1. The molecular formula is C19H23ClN2O5S. The minimum absolute atomic E-state index is 0.161. The molecule has 1 amide bonds. The molecule has 0 aliphatic heterocycles. The zero-order chi connectivity index (χ0) is 20.9. The van der Waals surface area contributed by atoms with Crippen LogP contribution in [0.2, 0.25) is 5.02 Å². The number of halogens is 1. The Morgan fingerprint density at radius 1 is 1.14 bits per heavy atom. The van der Waals surface area contributed by atoms with Gasteiger partial charge in [-0.3, -0.25) is 9.10 Å². The molecule has 0 unspecified atom stereocenters. The number of methoxy groups -OCH3 is 2. The predicted molar refractivity (Wildman–Crippen MR) is 110 cm³/mol. The normalized spacial score (nSPS) is 12.2. The molecular weight excluding hydrogens is 404 g/mol. The lowest BCUT2D eigenvalue weighted by molar-refractivity contribution is -0.120. The number of sulfonamides is 1. The van der Waals surface area contributed by atoms with Gasteiger partial charge in [0.1, 0.15) is 18.0 Å². The smallest absolute Gasteiger partial charge is 0.241 e. The van der Waals surface area contributed by atoms with Crippen molar-refractivity contribution in [3.63, 3.8) is 0 Å². The summed E-state index contributed by atoms with van der Waals surface area (Å²) in [7, 11) is -0.988. The minimum Gasteiger partial charge on any atom is -0.495 e. The van der Waals surface area contributed by atoms with Gasteiger partial charge < -0.3 is 14.8 Å². The third-order valence-electron chi connectivity index (χ3n) is 4.09. The molecule has 0 spiro atoms. The van der Waals surface area contributed by atoms with E-state index in [2.05, 4.69) is 5.32 Å². The topological polar surface area (TPSA) is 84.9 Å². The summed E-state index contributed by atoms with van der Waals surface area (Å²) < 4.78 is 36.2. The number of hydrogen-bond acceptors (Lipinski definition) is 5. The van der Waals surface area contributed by atoms with E-state index in [9.17, 15) is 13.2 Å². The number of nitrogens with zero attached hydrogens (tertiary/aromatic N) is 1. The van der Waals surface area contributed by atoms with Gasteiger partial charge in [-0.1, -0.05) is 41.9 Å².